The van der Waals surface area contributed by atoms with Gasteiger partial charge >= 0.3 is 0 Å². The Morgan fingerprint density at radius 3 is 2.00 bits per heavy atom. The third-order valence-electron chi connectivity index (χ3n) is 0.197. The fourth-order valence-electron chi connectivity index (χ4n) is 0.0236. The summed E-state index contributed by atoms with van der Waals surface area (Å²) in [5.41, 5.74) is 0. The molecule has 0 bridgehead atoms. The first-order chi connectivity index (χ1) is 1.89. The van der Waals surface area contributed by atoms with Gasteiger partial charge in [0.15, 0.2) is 8.59 Å². The molecule has 0 aromatic carbocycles. The summed E-state index contributed by atoms with van der Waals surface area (Å²) in [6, 6.07) is 0. The molecule has 0 saturated heterocycles. The van der Waals surface area contributed by atoms with Crippen molar-refractivity contribution in [3.05, 3.63) is 0 Å². The molecule has 0 aliphatic heterocycles. The third kappa shape index (κ3) is 2.80. The van der Waals surface area contributed by atoms with E-state index in [1.54, 1.807) is 4.27 Å². The monoisotopic (exact) mass is 201 g/mol. The van der Waals surface area contributed by atoms with E-state index in [1.807, 2.05) is 0 Å². The molecule has 0 amide bonds. The Morgan fingerprint density at radius 2 is 2.00 bits per heavy atom. The summed E-state index contributed by atoms with van der Waals surface area (Å²) in [4.78, 5) is 0. The fraction of sp³-hybridized carbons (Fsp3) is 0. The van der Waals surface area contributed by atoms with E-state index in [-0.39, 0.29) is 20.4 Å². The van der Waals surface area contributed by atoms with Crippen molar-refractivity contribution in [2.24, 2.45) is 0 Å². The molecule has 1 aromatic rings. The van der Waals surface area contributed by atoms with Gasteiger partial charge < -0.3 is 4.30 Å². The Balaban J connectivity index is 0.000000160. The largest absolute Gasteiger partial charge is 0.348 e. The molecule has 2 atom stereocenters. The van der Waals surface area contributed by atoms with Gasteiger partial charge in [0.1, 0.15) is 0 Å². The van der Waals surface area contributed by atoms with Crippen LogP contribution in [0.5, 0.6) is 0 Å². The molecule has 0 N–H and O–H groups in total. The Bertz CT molecular complexity index is 68.2. The van der Waals surface area contributed by atoms with Gasteiger partial charge in [-0.2, -0.15) is 4.27 Å². The van der Waals surface area contributed by atoms with Crippen molar-refractivity contribution in [2.45, 2.75) is 0 Å². The van der Waals surface area contributed by atoms with Crippen LogP contribution in [0.3, 0.4) is 0 Å². The molecular formula is H3NOP2Pd. The summed E-state index contributed by atoms with van der Waals surface area (Å²) in [7, 11) is 3.00. The van der Waals surface area contributed by atoms with Crippen molar-refractivity contribution < 1.29 is 24.7 Å². The van der Waals surface area contributed by atoms with Crippen LogP contribution in [-0.4, -0.2) is 4.27 Å². The number of nitrogens with zero attached hydrogens (tertiary/aromatic N) is 1. The summed E-state index contributed by atoms with van der Waals surface area (Å²) in [5, 5.41) is 0. The number of hydrogen-bond donors (Lipinski definition) is 0. The van der Waals surface area contributed by atoms with Gasteiger partial charge in [0.05, 0.1) is 0 Å². The smallest absolute Gasteiger partial charge is 0.169 e. The zero-order valence-corrected chi connectivity index (χ0v) is 5.96. The summed E-state index contributed by atoms with van der Waals surface area (Å²) >= 11 is 0. The third-order valence-corrected chi connectivity index (χ3v) is 1.22. The molecule has 1 aromatic heterocycles. The standard InChI is InChI=1S/H3NOP2.Pd/c3-1-2-4-1;/h4H,3H2;. The zero-order valence-electron chi connectivity index (χ0n) is 2.25. The van der Waals surface area contributed by atoms with E-state index in [2.05, 4.69) is 13.7 Å². The second-order valence-corrected chi connectivity index (χ2v) is 2.30. The molecule has 5 heavy (non-hydrogen) atoms. The van der Waals surface area contributed by atoms with E-state index in [1.165, 1.54) is 0 Å². The molecule has 0 saturated carbocycles. The van der Waals surface area contributed by atoms with Crippen molar-refractivity contribution in [1.29, 1.82) is 0 Å². The summed E-state index contributed by atoms with van der Waals surface area (Å²) in [6.07, 6.45) is 0. The van der Waals surface area contributed by atoms with Crippen LogP contribution in [0.25, 0.3) is 0 Å². The van der Waals surface area contributed by atoms with Gasteiger partial charge in [0.25, 0.3) is 0 Å². The molecule has 0 aliphatic carbocycles. The van der Waals surface area contributed by atoms with Gasteiger partial charge in [-0.25, -0.2) is 0 Å². The maximum atomic E-state index is 4.53. The molecule has 0 aliphatic rings. The molecule has 5 heteroatoms. The number of rotatable bonds is 0. The van der Waals surface area contributed by atoms with E-state index in [4.69, 9.17) is 0 Å². The molecular weight excluding hydrogens is 198 g/mol. The second-order valence-electron chi connectivity index (χ2n) is 0.508. The first-order valence-corrected chi connectivity index (χ1v) is 2.24. The predicted molar refractivity (Wildman–Crippen MR) is 21.3 cm³/mol. The van der Waals surface area contributed by atoms with Crippen LogP contribution in [-0.2, 0) is 20.4 Å². The van der Waals surface area contributed by atoms with Crippen LogP contribution in [0.15, 0.2) is 4.30 Å². The van der Waals surface area contributed by atoms with Crippen molar-refractivity contribution in [3.63, 3.8) is 0 Å². The number of hydrogen-bond acceptors (Lipinski definition) is 1. The van der Waals surface area contributed by atoms with Crippen molar-refractivity contribution in [3.8, 4) is 0 Å². The molecule has 0 fully saturated rings. The summed E-state index contributed by atoms with van der Waals surface area (Å²) in [6.45, 7) is 0. The van der Waals surface area contributed by atoms with E-state index in [9.17, 15) is 0 Å². The normalized spacial score (nSPS) is 9.00. The van der Waals surface area contributed by atoms with E-state index >= 15 is 0 Å². The van der Waals surface area contributed by atoms with E-state index < -0.39 is 0 Å². The summed E-state index contributed by atoms with van der Waals surface area (Å²) < 4.78 is 6.23. The van der Waals surface area contributed by atoms with Crippen LogP contribution in [0, 0.1) is 0 Å². The van der Waals surface area contributed by atoms with Gasteiger partial charge in [0, 0.05) is 29.8 Å². The molecule has 2 unspecified atom stereocenters. The predicted octanol–water partition coefficient (Wildman–Crippen LogP) is 0.748. The minimum Gasteiger partial charge on any atom is -0.348 e. The molecule has 1 rings (SSSR count). The van der Waals surface area contributed by atoms with Gasteiger partial charge in [-0.05, 0) is 0 Å². The van der Waals surface area contributed by atoms with Crippen LogP contribution >= 0.6 is 18.0 Å². The van der Waals surface area contributed by atoms with E-state index in [0.29, 0.717) is 8.59 Å². The Morgan fingerprint density at radius 1 is 1.80 bits per heavy atom. The Labute approximate surface area is 47.4 Å². The second kappa shape index (κ2) is 2.22. The Kier molecular flexibility index (Phi) is 2.66. The topological polar surface area (TPSA) is 18.1 Å². The van der Waals surface area contributed by atoms with Crippen LogP contribution in [0.4, 0.5) is 0 Å². The molecule has 34 valence electrons. The average molecular weight is 201 g/mol. The molecule has 2 nitrogen and oxygen atoms in total. The van der Waals surface area contributed by atoms with Crippen LogP contribution in [0.2, 0.25) is 0 Å². The average Bonchev–Trinajstić information content (AvgIpc) is 1.75. The maximum Gasteiger partial charge on any atom is 0.169 e. The van der Waals surface area contributed by atoms with Gasteiger partial charge in [-0.15, -0.1) is 0 Å². The Hall–Kier alpha value is 0.992. The summed E-state index contributed by atoms with van der Waals surface area (Å²) in [5.74, 6) is 0. The van der Waals surface area contributed by atoms with Crippen molar-refractivity contribution in [1.82, 2.24) is 4.27 Å². The molecule has 0 radical (unpaired) electrons. The minimum atomic E-state index is 0. The van der Waals surface area contributed by atoms with Gasteiger partial charge in [-0.3, -0.25) is 0 Å². The minimum absolute atomic E-state index is 0. The van der Waals surface area contributed by atoms with Crippen molar-refractivity contribution in [2.75, 3.05) is 0 Å². The first kappa shape index (κ1) is 5.99. The van der Waals surface area contributed by atoms with Crippen molar-refractivity contribution >= 4 is 18.0 Å². The first-order valence-electron chi connectivity index (χ1n) is 0.869. The SMILES string of the molecule is Pn1o[pH]1.[Pd]. The number of aromatic nitrogens is 1. The molecule has 0 spiro atoms. The molecule has 1 heterocycles. The van der Waals surface area contributed by atoms with E-state index in [0.717, 1.165) is 0 Å². The van der Waals surface area contributed by atoms with Crippen LogP contribution < -0.4 is 0 Å². The fourth-order valence-corrected chi connectivity index (χ4v) is 0.212. The van der Waals surface area contributed by atoms with Gasteiger partial charge in [0.2, 0.25) is 0 Å². The zero-order chi connectivity index (χ0) is 2.99. The maximum absolute atomic E-state index is 4.53. The van der Waals surface area contributed by atoms with Gasteiger partial charge in [-0.1, -0.05) is 0 Å². The quantitative estimate of drug-likeness (QED) is 0.447. The van der Waals surface area contributed by atoms with Crippen LogP contribution in [0.1, 0.15) is 0 Å².